The second-order valence-corrected chi connectivity index (χ2v) is 6.33. The third kappa shape index (κ3) is 4.96. The van der Waals surface area contributed by atoms with E-state index < -0.39 is 0 Å². The standard InChI is InChI=1S/C18H27N3O3/c1-13-6-9-21(10-7-13)17-5-4-15(20-14(2)22)12-16(17)18(23)19-8-11-24-3/h4-5,12-13H,6-11H2,1-3H3,(H,19,23)(H,20,22). The van der Waals surface area contributed by atoms with Gasteiger partial charge >= 0.3 is 0 Å². The number of carbonyl (C=O) groups is 2. The number of amides is 2. The zero-order valence-electron chi connectivity index (χ0n) is 14.7. The Hall–Kier alpha value is -2.08. The minimum Gasteiger partial charge on any atom is -0.383 e. The van der Waals surface area contributed by atoms with E-state index in [1.165, 1.54) is 6.92 Å². The summed E-state index contributed by atoms with van der Waals surface area (Å²) >= 11 is 0. The van der Waals surface area contributed by atoms with Crippen molar-refractivity contribution in [1.82, 2.24) is 5.32 Å². The van der Waals surface area contributed by atoms with Crippen LogP contribution in [0.1, 0.15) is 37.0 Å². The maximum absolute atomic E-state index is 12.6. The van der Waals surface area contributed by atoms with Crippen molar-refractivity contribution in [2.24, 2.45) is 5.92 Å². The molecule has 0 spiro atoms. The lowest BCUT2D eigenvalue weighted by molar-refractivity contribution is -0.114. The lowest BCUT2D eigenvalue weighted by atomic mass is 9.98. The zero-order valence-corrected chi connectivity index (χ0v) is 14.7. The Morgan fingerprint density at radius 3 is 2.62 bits per heavy atom. The molecule has 24 heavy (non-hydrogen) atoms. The number of methoxy groups -OCH3 is 1. The molecular formula is C18H27N3O3. The number of nitrogens with zero attached hydrogens (tertiary/aromatic N) is 1. The van der Waals surface area contributed by atoms with Crippen molar-refractivity contribution < 1.29 is 14.3 Å². The second kappa shape index (κ2) is 8.68. The van der Waals surface area contributed by atoms with E-state index in [0.717, 1.165) is 37.5 Å². The minimum absolute atomic E-state index is 0.145. The molecular weight excluding hydrogens is 306 g/mol. The molecule has 1 aromatic carbocycles. The fraction of sp³-hybridized carbons (Fsp3) is 0.556. The summed E-state index contributed by atoms with van der Waals surface area (Å²) in [4.78, 5) is 26.1. The van der Waals surface area contributed by atoms with Gasteiger partial charge in [0, 0.05) is 45.0 Å². The van der Waals surface area contributed by atoms with Gasteiger partial charge in [-0.15, -0.1) is 0 Å². The largest absolute Gasteiger partial charge is 0.383 e. The van der Waals surface area contributed by atoms with E-state index in [2.05, 4.69) is 22.5 Å². The van der Waals surface area contributed by atoms with Crippen molar-refractivity contribution >= 4 is 23.2 Å². The van der Waals surface area contributed by atoms with Gasteiger partial charge in [-0.1, -0.05) is 6.92 Å². The topological polar surface area (TPSA) is 70.7 Å². The first-order valence-electron chi connectivity index (χ1n) is 8.45. The molecule has 132 valence electrons. The highest BCUT2D eigenvalue weighted by Crippen LogP contribution is 2.28. The molecule has 1 saturated heterocycles. The summed E-state index contributed by atoms with van der Waals surface area (Å²) < 4.78 is 4.98. The van der Waals surface area contributed by atoms with Crippen LogP contribution in [-0.2, 0) is 9.53 Å². The van der Waals surface area contributed by atoms with E-state index in [-0.39, 0.29) is 11.8 Å². The lowest BCUT2D eigenvalue weighted by Crippen LogP contribution is -2.35. The fourth-order valence-electron chi connectivity index (χ4n) is 2.89. The Bertz CT molecular complexity index is 581. The van der Waals surface area contributed by atoms with Crippen molar-refractivity contribution in [3.05, 3.63) is 23.8 Å². The summed E-state index contributed by atoms with van der Waals surface area (Å²) in [5, 5.41) is 5.61. The molecule has 2 rings (SSSR count). The molecule has 2 amide bonds. The highest BCUT2D eigenvalue weighted by atomic mass is 16.5. The van der Waals surface area contributed by atoms with E-state index in [0.29, 0.717) is 24.4 Å². The summed E-state index contributed by atoms with van der Waals surface area (Å²) in [5.74, 6) is 0.423. The van der Waals surface area contributed by atoms with Gasteiger partial charge in [0.25, 0.3) is 5.91 Å². The van der Waals surface area contributed by atoms with Crippen LogP contribution < -0.4 is 15.5 Å². The molecule has 1 aliphatic rings. The van der Waals surface area contributed by atoms with Crippen molar-refractivity contribution in [1.29, 1.82) is 0 Å². The first kappa shape index (κ1) is 18.3. The van der Waals surface area contributed by atoms with Gasteiger partial charge in [-0.2, -0.15) is 0 Å². The van der Waals surface area contributed by atoms with Crippen LogP contribution in [0.4, 0.5) is 11.4 Å². The Labute approximate surface area is 143 Å². The van der Waals surface area contributed by atoms with Crippen LogP contribution in [0.2, 0.25) is 0 Å². The first-order valence-corrected chi connectivity index (χ1v) is 8.45. The van der Waals surface area contributed by atoms with E-state index in [1.54, 1.807) is 13.2 Å². The first-order chi connectivity index (χ1) is 11.5. The number of piperidine rings is 1. The zero-order chi connectivity index (χ0) is 17.5. The molecule has 6 nitrogen and oxygen atoms in total. The Kier molecular flexibility index (Phi) is 6.61. The van der Waals surface area contributed by atoms with Gasteiger partial charge < -0.3 is 20.3 Å². The quantitative estimate of drug-likeness (QED) is 0.784. The highest BCUT2D eigenvalue weighted by Gasteiger charge is 2.21. The van der Waals surface area contributed by atoms with Gasteiger partial charge in [-0.3, -0.25) is 9.59 Å². The molecule has 0 aliphatic carbocycles. The number of benzene rings is 1. The van der Waals surface area contributed by atoms with Crippen LogP contribution in [-0.4, -0.2) is 45.2 Å². The van der Waals surface area contributed by atoms with Crippen molar-refractivity contribution in [3.63, 3.8) is 0 Å². The lowest BCUT2D eigenvalue weighted by Gasteiger charge is -2.33. The number of carbonyl (C=O) groups excluding carboxylic acids is 2. The molecule has 0 aromatic heterocycles. The predicted octanol–water partition coefficient (Wildman–Crippen LogP) is 2.26. The molecule has 1 aromatic rings. The van der Waals surface area contributed by atoms with Crippen LogP contribution >= 0.6 is 0 Å². The SMILES string of the molecule is COCCNC(=O)c1cc(NC(C)=O)ccc1N1CCC(C)CC1. The van der Waals surface area contributed by atoms with Gasteiger partial charge in [0.1, 0.15) is 0 Å². The Balaban J connectivity index is 2.23. The molecule has 0 radical (unpaired) electrons. The van der Waals surface area contributed by atoms with Gasteiger partial charge in [0.2, 0.25) is 5.91 Å². The molecule has 6 heteroatoms. The molecule has 1 aliphatic heterocycles. The van der Waals surface area contributed by atoms with Gasteiger partial charge in [0.15, 0.2) is 0 Å². The summed E-state index contributed by atoms with van der Waals surface area (Å²) in [6.07, 6.45) is 2.25. The third-order valence-corrected chi connectivity index (χ3v) is 4.28. The third-order valence-electron chi connectivity index (χ3n) is 4.28. The summed E-state index contributed by atoms with van der Waals surface area (Å²) in [6, 6.07) is 5.52. The molecule has 2 N–H and O–H groups in total. The smallest absolute Gasteiger partial charge is 0.253 e. The average molecular weight is 333 g/mol. The molecule has 0 atom stereocenters. The van der Waals surface area contributed by atoms with Gasteiger partial charge in [-0.05, 0) is 37.0 Å². The molecule has 1 heterocycles. The molecule has 0 unspecified atom stereocenters. The number of hydrogen-bond acceptors (Lipinski definition) is 4. The Morgan fingerprint density at radius 2 is 2.00 bits per heavy atom. The number of anilines is 2. The van der Waals surface area contributed by atoms with Crippen molar-refractivity contribution in [2.75, 3.05) is 43.6 Å². The van der Waals surface area contributed by atoms with E-state index >= 15 is 0 Å². The predicted molar refractivity (Wildman–Crippen MR) is 95.6 cm³/mol. The van der Waals surface area contributed by atoms with E-state index in [9.17, 15) is 9.59 Å². The van der Waals surface area contributed by atoms with E-state index in [1.807, 2.05) is 12.1 Å². The van der Waals surface area contributed by atoms with Crippen LogP contribution in [0, 0.1) is 5.92 Å². The fourth-order valence-corrected chi connectivity index (χ4v) is 2.89. The molecule has 0 saturated carbocycles. The second-order valence-electron chi connectivity index (χ2n) is 6.33. The van der Waals surface area contributed by atoms with Crippen molar-refractivity contribution in [2.45, 2.75) is 26.7 Å². The van der Waals surface area contributed by atoms with Crippen LogP contribution in [0.25, 0.3) is 0 Å². The maximum Gasteiger partial charge on any atom is 0.253 e. The monoisotopic (exact) mass is 333 g/mol. The number of ether oxygens (including phenoxy) is 1. The molecule has 1 fully saturated rings. The van der Waals surface area contributed by atoms with Crippen LogP contribution in [0.5, 0.6) is 0 Å². The average Bonchev–Trinajstić information content (AvgIpc) is 2.55. The number of hydrogen-bond donors (Lipinski definition) is 2. The Morgan fingerprint density at radius 1 is 1.29 bits per heavy atom. The summed E-state index contributed by atoms with van der Waals surface area (Å²) in [5.41, 5.74) is 2.14. The molecule has 0 bridgehead atoms. The van der Waals surface area contributed by atoms with Crippen LogP contribution in [0.15, 0.2) is 18.2 Å². The number of rotatable bonds is 6. The number of nitrogens with one attached hydrogen (secondary N) is 2. The summed E-state index contributed by atoms with van der Waals surface area (Å²) in [7, 11) is 1.60. The maximum atomic E-state index is 12.6. The summed E-state index contributed by atoms with van der Waals surface area (Å²) in [6.45, 7) is 6.52. The van der Waals surface area contributed by atoms with Gasteiger partial charge in [0.05, 0.1) is 12.2 Å². The normalized spacial score (nSPS) is 15.2. The van der Waals surface area contributed by atoms with Gasteiger partial charge in [-0.25, -0.2) is 0 Å². The van der Waals surface area contributed by atoms with Crippen LogP contribution in [0.3, 0.4) is 0 Å². The minimum atomic E-state index is -0.153. The van der Waals surface area contributed by atoms with E-state index in [4.69, 9.17) is 4.74 Å². The van der Waals surface area contributed by atoms with Crippen molar-refractivity contribution in [3.8, 4) is 0 Å². The highest BCUT2D eigenvalue weighted by molar-refractivity contribution is 6.02.